The van der Waals surface area contributed by atoms with Gasteiger partial charge in [-0.05, 0) is 59.0 Å². The van der Waals surface area contributed by atoms with Crippen molar-refractivity contribution >= 4 is 6.03 Å². The zero-order valence-electron chi connectivity index (χ0n) is 18.4. The van der Waals surface area contributed by atoms with Crippen molar-refractivity contribution in [3.63, 3.8) is 0 Å². The van der Waals surface area contributed by atoms with E-state index >= 15 is 0 Å². The minimum Gasteiger partial charge on any atom is -0.493 e. The molecule has 0 fully saturated rings. The standard InChI is InChI=1S/C26H28F2N2O2/c1-19(2)18-32-25-13-7-20(8-14-25)15-29-26(31)30(16-21-3-9-23(27)10-4-21)17-22-5-11-24(28)12-6-22/h3-14,19H,15-18H2,1-2H3,(H,29,31). The first-order chi connectivity index (χ1) is 15.4. The third-order valence-electron chi connectivity index (χ3n) is 4.81. The Hall–Kier alpha value is -3.41. The SMILES string of the molecule is CC(C)COc1ccc(CNC(=O)N(Cc2ccc(F)cc2)Cc2ccc(F)cc2)cc1. The molecule has 168 valence electrons. The number of rotatable bonds is 9. The van der Waals surface area contributed by atoms with Crippen LogP contribution in [-0.2, 0) is 19.6 Å². The summed E-state index contributed by atoms with van der Waals surface area (Å²) in [5.74, 6) is 0.582. The molecule has 0 unspecified atom stereocenters. The number of ether oxygens (including phenoxy) is 1. The minimum atomic E-state index is -0.330. The van der Waals surface area contributed by atoms with E-state index < -0.39 is 0 Å². The normalized spacial score (nSPS) is 10.8. The van der Waals surface area contributed by atoms with Crippen LogP contribution in [0, 0.1) is 17.6 Å². The highest BCUT2D eigenvalue weighted by Crippen LogP contribution is 2.15. The van der Waals surface area contributed by atoms with Gasteiger partial charge in [0.2, 0.25) is 0 Å². The summed E-state index contributed by atoms with van der Waals surface area (Å²) >= 11 is 0. The van der Waals surface area contributed by atoms with Crippen LogP contribution in [0.1, 0.15) is 30.5 Å². The van der Waals surface area contributed by atoms with Gasteiger partial charge >= 0.3 is 6.03 Å². The van der Waals surface area contributed by atoms with Crippen molar-refractivity contribution in [1.29, 1.82) is 0 Å². The molecule has 0 atom stereocenters. The van der Waals surface area contributed by atoms with E-state index in [0.717, 1.165) is 22.4 Å². The van der Waals surface area contributed by atoms with Gasteiger partial charge in [0.1, 0.15) is 17.4 Å². The number of carbonyl (C=O) groups is 1. The van der Waals surface area contributed by atoms with Crippen LogP contribution >= 0.6 is 0 Å². The van der Waals surface area contributed by atoms with Gasteiger partial charge in [-0.2, -0.15) is 0 Å². The van der Waals surface area contributed by atoms with Crippen LogP contribution in [-0.4, -0.2) is 17.5 Å². The predicted octanol–water partition coefficient (Wildman–Crippen LogP) is 5.91. The van der Waals surface area contributed by atoms with Crippen LogP contribution in [0.15, 0.2) is 72.8 Å². The maximum absolute atomic E-state index is 13.3. The minimum absolute atomic E-state index is 0.265. The highest BCUT2D eigenvalue weighted by atomic mass is 19.1. The summed E-state index contributed by atoms with van der Waals surface area (Å²) in [4.78, 5) is 14.6. The highest BCUT2D eigenvalue weighted by molar-refractivity contribution is 5.74. The van der Waals surface area contributed by atoms with Gasteiger partial charge in [-0.3, -0.25) is 0 Å². The van der Waals surface area contributed by atoms with E-state index in [0.29, 0.717) is 32.2 Å². The van der Waals surface area contributed by atoms with Crippen molar-refractivity contribution in [3.8, 4) is 5.75 Å². The maximum Gasteiger partial charge on any atom is 0.318 e. The van der Waals surface area contributed by atoms with Gasteiger partial charge in [0.15, 0.2) is 0 Å². The average molecular weight is 439 g/mol. The number of carbonyl (C=O) groups excluding carboxylic acids is 1. The summed E-state index contributed by atoms with van der Waals surface area (Å²) < 4.78 is 32.2. The van der Waals surface area contributed by atoms with Crippen LogP contribution in [0.2, 0.25) is 0 Å². The number of urea groups is 1. The van der Waals surface area contributed by atoms with Crippen molar-refractivity contribution in [2.45, 2.75) is 33.5 Å². The van der Waals surface area contributed by atoms with E-state index in [4.69, 9.17) is 4.74 Å². The molecular formula is C26H28F2N2O2. The number of nitrogens with zero attached hydrogens (tertiary/aromatic N) is 1. The Kier molecular flexibility index (Phi) is 8.20. The van der Waals surface area contributed by atoms with Gasteiger partial charge in [-0.1, -0.05) is 50.2 Å². The van der Waals surface area contributed by atoms with Crippen molar-refractivity contribution in [3.05, 3.63) is 101 Å². The molecule has 1 N–H and O–H groups in total. The average Bonchev–Trinajstić information content (AvgIpc) is 2.79. The molecule has 2 amide bonds. The lowest BCUT2D eigenvalue weighted by Crippen LogP contribution is -2.38. The lowest BCUT2D eigenvalue weighted by Gasteiger charge is -2.23. The molecule has 3 aromatic rings. The van der Waals surface area contributed by atoms with Crippen molar-refractivity contribution < 1.29 is 18.3 Å². The number of amides is 2. The zero-order chi connectivity index (χ0) is 22.9. The summed E-state index contributed by atoms with van der Waals surface area (Å²) in [6, 6.07) is 19.4. The van der Waals surface area contributed by atoms with Crippen molar-refractivity contribution in [2.24, 2.45) is 5.92 Å². The van der Waals surface area contributed by atoms with Crippen LogP contribution < -0.4 is 10.1 Å². The molecule has 4 nitrogen and oxygen atoms in total. The molecule has 0 saturated heterocycles. The molecule has 32 heavy (non-hydrogen) atoms. The first-order valence-electron chi connectivity index (χ1n) is 10.6. The molecule has 0 bridgehead atoms. The Labute approximate surface area is 187 Å². The molecule has 0 aliphatic heterocycles. The maximum atomic E-state index is 13.3. The number of hydrogen-bond donors (Lipinski definition) is 1. The van der Waals surface area contributed by atoms with Crippen molar-refractivity contribution in [1.82, 2.24) is 10.2 Å². The molecule has 0 aliphatic carbocycles. The number of halogens is 2. The first-order valence-corrected chi connectivity index (χ1v) is 10.6. The first kappa shape index (κ1) is 23.3. The number of hydrogen-bond acceptors (Lipinski definition) is 2. The lowest BCUT2D eigenvalue weighted by atomic mass is 10.1. The molecule has 0 heterocycles. The summed E-state index contributed by atoms with van der Waals surface area (Å²) in [6.07, 6.45) is 0. The zero-order valence-corrected chi connectivity index (χ0v) is 18.4. The molecule has 0 radical (unpaired) electrons. The molecule has 0 aliphatic rings. The summed E-state index contributed by atoms with van der Waals surface area (Å²) in [5.41, 5.74) is 2.55. The topological polar surface area (TPSA) is 41.6 Å². The molecule has 0 spiro atoms. The molecular weight excluding hydrogens is 410 g/mol. The second-order valence-corrected chi connectivity index (χ2v) is 8.12. The van der Waals surface area contributed by atoms with Gasteiger partial charge in [0.25, 0.3) is 0 Å². The summed E-state index contributed by atoms with van der Waals surface area (Å²) in [5, 5.41) is 2.93. The third-order valence-corrected chi connectivity index (χ3v) is 4.81. The Morgan fingerprint density at radius 2 is 1.28 bits per heavy atom. The quantitative estimate of drug-likeness (QED) is 0.451. The second kappa shape index (κ2) is 11.3. The van der Waals surface area contributed by atoms with Crippen LogP contribution in [0.4, 0.5) is 13.6 Å². The molecule has 3 aromatic carbocycles. The summed E-state index contributed by atoms with van der Waals surface area (Å²) in [6.45, 7) is 5.78. The van der Waals surface area contributed by atoms with E-state index in [2.05, 4.69) is 19.2 Å². The molecule has 0 saturated carbocycles. The van der Waals surface area contributed by atoms with Crippen LogP contribution in [0.5, 0.6) is 5.75 Å². The summed E-state index contributed by atoms with van der Waals surface area (Å²) in [7, 11) is 0. The molecule has 6 heteroatoms. The molecule has 0 aromatic heterocycles. The fourth-order valence-corrected chi connectivity index (χ4v) is 3.08. The monoisotopic (exact) mass is 438 g/mol. The van der Waals surface area contributed by atoms with E-state index in [1.54, 1.807) is 29.2 Å². The van der Waals surface area contributed by atoms with E-state index in [-0.39, 0.29) is 17.7 Å². The van der Waals surface area contributed by atoms with Gasteiger partial charge in [-0.25, -0.2) is 13.6 Å². The Bertz CT molecular complexity index is 940. The Morgan fingerprint density at radius 3 is 1.75 bits per heavy atom. The van der Waals surface area contributed by atoms with Gasteiger partial charge in [0.05, 0.1) is 6.61 Å². The second-order valence-electron chi connectivity index (χ2n) is 8.12. The van der Waals surface area contributed by atoms with Crippen molar-refractivity contribution in [2.75, 3.05) is 6.61 Å². The van der Waals surface area contributed by atoms with E-state index in [1.165, 1.54) is 24.3 Å². The van der Waals surface area contributed by atoms with Gasteiger partial charge in [-0.15, -0.1) is 0 Å². The van der Waals surface area contributed by atoms with E-state index in [1.807, 2.05) is 24.3 Å². The van der Waals surface area contributed by atoms with Crippen LogP contribution in [0.3, 0.4) is 0 Å². The van der Waals surface area contributed by atoms with Crippen LogP contribution in [0.25, 0.3) is 0 Å². The number of benzene rings is 3. The smallest absolute Gasteiger partial charge is 0.318 e. The third kappa shape index (κ3) is 7.38. The lowest BCUT2D eigenvalue weighted by molar-refractivity contribution is 0.192. The molecule has 3 rings (SSSR count). The largest absolute Gasteiger partial charge is 0.493 e. The Balaban J connectivity index is 1.64. The number of nitrogens with one attached hydrogen (secondary N) is 1. The van der Waals surface area contributed by atoms with E-state index in [9.17, 15) is 13.6 Å². The van der Waals surface area contributed by atoms with Gasteiger partial charge < -0.3 is 15.0 Å². The van der Waals surface area contributed by atoms with Gasteiger partial charge in [0, 0.05) is 19.6 Å². The fourth-order valence-electron chi connectivity index (χ4n) is 3.08. The Morgan fingerprint density at radius 1 is 0.812 bits per heavy atom. The fraction of sp³-hybridized carbons (Fsp3) is 0.269. The highest BCUT2D eigenvalue weighted by Gasteiger charge is 2.15. The predicted molar refractivity (Wildman–Crippen MR) is 121 cm³/mol.